The second kappa shape index (κ2) is 11.1. The van der Waals surface area contributed by atoms with E-state index in [2.05, 4.69) is 20.8 Å². The van der Waals surface area contributed by atoms with Crippen molar-refractivity contribution in [3.63, 3.8) is 0 Å². The molecule has 0 unspecified atom stereocenters. The Morgan fingerprint density at radius 1 is 1.23 bits per heavy atom. The maximum atomic E-state index is 5.47. The van der Waals surface area contributed by atoms with Gasteiger partial charge in [0.25, 0.3) is 0 Å². The van der Waals surface area contributed by atoms with Crippen molar-refractivity contribution in [1.82, 2.24) is 0 Å². The Morgan fingerprint density at radius 3 is 2.00 bits per heavy atom. The van der Waals surface area contributed by atoms with Gasteiger partial charge in [-0.3, -0.25) is 0 Å². The van der Waals surface area contributed by atoms with Crippen LogP contribution in [-0.2, 0) is 37.4 Å². The van der Waals surface area contributed by atoms with Crippen LogP contribution >= 0.6 is 0 Å². The molecule has 0 heterocycles. The van der Waals surface area contributed by atoms with Crippen molar-refractivity contribution in [3.05, 3.63) is 12.6 Å². The Labute approximate surface area is 109 Å². The van der Waals surface area contributed by atoms with Gasteiger partial charge in [-0.05, 0) is 18.3 Å². The zero-order chi connectivity index (χ0) is 8.74. The van der Waals surface area contributed by atoms with Crippen molar-refractivity contribution in [2.75, 3.05) is 13.2 Å². The van der Waals surface area contributed by atoms with Crippen molar-refractivity contribution >= 4 is 0 Å². The third kappa shape index (κ3) is 9.33. The van der Waals surface area contributed by atoms with Gasteiger partial charge in [0.1, 0.15) is 0 Å². The zero-order valence-electron chi connectivity index (χ0n) is 9.47. The van der Waals surface area contributed by atoms with E-state index in [0.29, 0.717) is 5.41 Å². The van der Waals surface area contributed by atoms with E-state index in [0.717, 1.165) is 13.2 Å². The van der Waals surface area contributed by atoms with Crippen LogP contribution in [0.5, 0.6) is 0 Å². The molecule has 0 aromatic carbocycles. The van der Waals surface area contributed by atoms with Gasteiger partial charge >= 0.3 is 0 Å². The molecule has 0 aliphatic carbocycles. The standard InChI is InChI=1S/C10H21O.H2N.Y/c1-5-8-11-9-10(4,6-2)7-3;;/h5H,6-9H2,1-4H3;1H2;/q2*-1;. The minimum Gasteiger partial charge on any atom is -0.693 e. The molecule has 0 fully saturated rings. The first-order valence-electron chi connectivity index (χ1n) is 4.54. The van der Waals surface area contributed by atoms with E-state index in [1.165, 1.54) is 12.8 Å². The first-order valence-corrected chi connectivity index (χ1v) is 4.54. The number of hydrogen-bond donors (Lipinski definition) is 0. The third-order valence-electron chi connectivity index (χ3n) is 2.44. The summed E-state index contributed by atoms with van der Waals surface area (Å²) in [5, 5.41) is 0. The number of hydrogen-bond acceptors (Lipinski definition) is 1. The monoisotopic (exact) mass is 262 g/mol. The fourth-order valence-corrected chi connectivity index (χ4v) is 0.877. The van der Waals surface area contributed by atoms with E-state index < -0.39 is 0 Å². The van der Waals surface area contributed by atoms with Crippen LogP contribution < -0.4 is 0 Å². The van der Waals surface area contributed by atoms with Crippen molar-refractivity contribution in [1.29, 1.82) is 0 Å². The smallest absolute Gasteiger partial charge is 0.0484 e. The van der Waals surface area contributed by atoms with E-state index in [1.54, 1.807) is 0 Å². The van der Waals surface area contributed by atoms with Crippen molar-refractivity contribution < 1.29 is 37.4 Å². The number of rotatable bonds is 6. The summed E-state index contributed by atoms with van der Waals surface area (Å²) >= 11 is 0. The van der Waals surface area contributed by atoms with Gasteiger partial charge in [-0.15, -0.1) is 0 Å². The van der Waals surface area contributed by atoms with Crippen LogP contribution in [0.2, 0.25) is 0 Å². The minimum atomic E-state index is 0. The molecule has 0 spiro atoms. The van der Waals surface area contributed by atoms with Crippen LogP contribution in [0.1, 0.15) is 40.5 Å². The molecule has 0 amide bonds. The first kappa shape index (κ1) is 19.6. The molecule has 3 heteroatoms. The van der Waals surface area contributed by atoms with Gasteiger partial charge in [-0.1, -0.05) is 27.4 Å². The summed E-state index contributed by atoms with van der Waals surface area (Å²) in [4.78, 5) is 0. The number of ether oxygens (including phenoxy) is 1. The normalized spacial score (nSPS) is 10.2. The summed E-state index contributed by atoms with van der Waals surface area (Å²) in [6.45, 7) is 10.4. The average Bonchev–Trinajstić information content (AvgIpc) is 2.05. The predicted molar refractivity (Wildman–Crippen MR) is 54.8 cm³/mol. The minimum absolute atomic E-state index is 0. The molecule has 0 bridgehead atoms. The Balaban J connectivity index is -0.000000500. The second-order valence-electron chi connectivity index (χ2n) is 3.44. The van der Waals surface area contributed by atoms with E-state index >= 15 is 0 Å². The zero-order valence-corrected chi connectivity index (χ0v) is 12.3. The summed E-state index contributed by atoms with van der Waals surface area (Å²) in [7, 11) is 0. The van der Waals surface area contributed by atoms with Crippen LogP contribution in [0.3, 0.4) is 0 Å². The molecule has 13 heavy (non-hydrogen) atoms. The third-order valence-corrected chi connectivity index (χ3v) is 2.44. The molecule has 0 rings (SSSR count). The van der Waals surface area contributed by atoms with E-state index in [4.69, 9.17) is 4.74 Å². The summed E-state index contributed by atoms with van der Waals surface area (Å²) in [5.41, 5.74) is 0.392. The Bertz CT molecular complexity index is 94.9. The summed E-state index contributed by atoms with van der Waals surface area (Å²) in [6.07, 6.45) is 4.45. The second-order valence-corrected chi connectivity index (χ2v) is 3.44. The van der Waals surface area contributed by atoms with Gasteiger partial charge < -0.3 is 17.3 Å². The molecule has 1 radical (unpaired) electrons. The molecule has 0 saturated heterocycles. The SMILES string of the molecule is C[CH-]COCC(C)(CC)CC.[NH2-].[Y]. The molecule has 0 aliphatic rings. The molecular weight excluding hydrogens is 239 g/mol. The van der Waals surface area contributed by atoms with Crippen LogP contribution in [0.15, 0.2) is 0 Å². The van der Waals surface area contributed by atoms with Gasteiger partial charge in [-0.25, -0.2) is 0 Å². The van der Waals surface area contributed by atoms with Gasteiger partial charge in [0.15, 0.2) is 0 Å². The summed E-state index contributed by atoms with van der Waals surface area (Å²) in [6, 6.07) is 0. The Hall–Kier alpha value is 1.02. The fraction of sp³-hybridized carbons (Fsp3) is 0.900. The van der Waals surface area contributed by atoms with Gasteiger partial charge in [0.05, 0.1) is 0 Å². The van der Waals surface area contributed by atoms with Gasteiger partial charge in [-0.2, -0.15) is 6.92 Å². The summed E-state index contributed by atoms with van der Waals surface area (Å²) < 4.78 is 5.47. The quantitative estimate of drug-likeness (QED) is 0.530. The molecule has 79 valence electrons. The largest absolute Gasteiger partial charge is 0.693 e. The maximum Gasteiger partial charge on any atom is 0.0484 e. The van der Waals surface area contributed by atoms with Crippen LogP contribution in [0.25, 0.3) is 6.15 Å². The van der Waals surface area contributed by atoms with E-state index in [9.17, 15) is 0 Å². The van der Waals surface area contributed by atoms with Crippen LogP contribution in [0.4, 0.5) is 0 Å². The predicted octanol–water partition coefficient (Wildman–Crippen LogP) is 3.77. The van der Waals surface area contributed by atoms with Gasteiger partial charge in [0, 0.05) is 39.3 Å². The molecule has 2 nitrogen and oxygen atoms in total. The molecule has 2 N–H and O–H groups in total. The molecular formula is C10H23NOY-2. The number of nitrogens with two attached hydrogens (primary N) is 1. The van der Waals surface area contributed by atoms with Crippen molar-refractivity contribution in [3.8, 4) is 0 Å². The molecule has 0 aliphatic heterocycles. The molecule has 0 saturated carbocycles. The van der Waals surface area contributed by atoms with Crippen LogP contribution in [0, 0.1) is 11.8 Å². The molecule has 0 aromatic rings. The topological polar surface area (TPSA) is 42.7 Å². The average molecular weight is 262 g/mol. The van der Waals surface area contributed by atoms with E-state index in [1.807, 2.05) is 13.3 Å². The van der Waals surface area contributed by atoms with Gasteiger partial charge in [0.2, 0.25) is 0 Å². The Morgan fingerprint density at radius 2 is 1.69 bits per heavy atom. The molecule has 0 aromatic heterocycles. The molecule has 0 atom stereocenters. The first-order chi connectivity index (χ1) is 5.18. The fourth-order valence-electron chi connectivity index (χ4n) is 0.877. The van der Waals surface area contributed by atoms with E-state index in [-0.39, 0.29) is 38.9 Å². The maximum absolute atomic E-state index is 5.47. The summed E-state index contributed by atoms with van der Waals surface area (Å²) in [5.74, 6) is 0. The van der Waals surface area contributed by atoms with Crippen molar-refractivity contribution in [2.24, 2.45) is 5.41 Å². The van der Waals surface area contributed by atoms with Crippen molar-refractivity contribution in [2.45, 2.75) is 40.5 Å². The Kier molecular flexibility index (Phi) is 16.7. The van der Waals surface area contributed by atoms with Crippen LogP contribution in [-0.4, -0.2) is 13.2 Å².